The molecule has 29 heavy (non-hydrogen) atoms. The van der Waals surface area contributed by atoms with Crippen LogP contribution in [0.4, 0.5) is 5.69 Å². The molecule has 0 bridgehead atoms. The number of aryl methyl sites for hydroxylation is 1. The smallest absolute Gasteiger partial charge is 0.232 e. The Morgan fingerprint density at radius 3 is 2.59 bits per heavy atom. The number of para-hydroxylation sites is 1. The largest absolute Gasteiger partial charge is 0.364 e. The minimum atomic E-state index is -0.244. The summed E-state index contributed by atoms with van der Waals surface area (Å²) in [5.74, 6) is -0.205. The average molecular weight is 382 g/mol. The fourth-order valence-electron chi connectivity index (χ4n) is 4.87. The topological polar surface area (TPSA) is 62.0 Å². The maximum Gasteiger partial charge on any atom is 0.232 e. The van der Waals surface area contributed by atoms with Crippen LogP contribution in [0.5, 0.6) is 0 Å². The molecule has 4 nitrogen and oxygen atoms in total. The lowest BCUT2D eigenvalue weighted by molar-refractivity contribution is -0.117. The van der Waals surface area contributed by atoms with Gasteiger partial charge >= 0.3 is 0 Å². The average Bonchev–Trinajstić information content (AvgIpc) is 3.36. The van der Waals surface area contributed by atoms with E-state index in [2.05, 4.69) is 28.5 Å². The normalized spacial score (nSPS) is 19.5. The number of aromatic amines is 1. The predicted molar refractivity (Wildman–Crippen MR) is 114 cm³/mol. The summed E-state index contributed by atoms with van der Waals surface area (Å²) < 4.78 is 0. The van der Waals surface area contributed by atoms with Gasteiger partial charge in [0.15, 0.2) is 0 Å². The van der Waals surface area contributed by atoms with Crippen LogP contribution in [-0.4, -0.2) is 17.2 Å². The van der Waals surface area contributed by atoms with Gasteiger partial charge < -0.3 is 15.1 Å². The molecule has 0 spiro atoms. The van der Waals surface area contributed by atoms with E-state index in [0.717, 1.165) is 34.4 Å². The fraction of sp³-hybridized carbons (Fsp3) is 0.200. The molecule has 0 fully saturated rings. The monoisotopic (exact) mass is 382 g/mol. The Morgan fingerprint density at radius 1 is 1.00 bits per heavy atom. The number of hydrogen-bond donors (Lipinski definition) is 2. The molecule has 1 aromatic heterocycles. The number of aldehydes is 1. The number of H-pyrrole nitrogens is 1. The third kappa shape index (κ3) is 2.83. The number of hydrogen-bond acceptors (Lipinski definition) is 2. The molecule has 1 amide bonds. The van der Waals surface area contributed by atoms with E-state index in [0.29, 0.717) is 12.8 Å². The third-order valence-electron chi connectivity index (χ3n) is 6.21. The van der Waals surface area contributed by atoms with Gasteiger partial charge in [-0.05, 0) is 40.8 Å². The molecule has 2 N–H and O–H groups in total. The lowest BCUT2D eigenvalue weighted by Crippen LogP contribution is -2.20. The van der Waals surface area contributed by atoms with Crippen molar-refractivity contribution in [3.05, 3.63) is 93.8 Å². The Labute approximate surface area is 169 Å². The van der Waals surface area contributed by atoms with Crippen LogP contribution in [0.15, 0.2) is 60.3 Å². The number of anilines is 1. The first-order chi connectivity index (χ1) is 14.2. The van der Waals surface area contributed by atoms with Crippen molar-refractivity contribution in [3.63, 3.8) is 0 Å². The lowest BCUT2D eigenvalue weighted by Gasteiger charge is -2.23. The van der Waals surface area contributed by atoms with E-state index in [1.54, 1.807) is 0 Å². The van der Waals surface area contributed by atoms with Gasteiger partial charge in [-0.15, -0.1) is 0 Å². The van der Waals surface area contributed by atoms with Crippen LogP contribution in [0.25, 0.3) is 6.08 Å². The zero-order valence-corrected chi connectivity index (χ0v) is 16.2. The molecule has 2 unspecified atom stereocenters. The maximum atomic E-state index is 13.0. The molecule has 0 saturated carbocycles. The second kappa shape index (κ2) is 6.89. The van der Waals surface area contributed by atoms with Crippen LogP contribution < -0.4 is 5.32 Å². The molecule has 4 heteroatoms. The van der Waals surface area contributed by atoms with Crippen molar-refractivity contribution in [1.82, 2.24) is 4.98 Å². The van der Waals surface area contributed by atoms with Crippen molar-refractivity contribution in [2.45, 2.75) is 31.6 Å². The number of benzene rings is 2. The van der Waals surface area contributed by atoms with Crippen molar-refractivity contribution >= 4 is 24.0 Å². The molecule has 2 atom stereocenters. The minimum absolute atomic E-state index is 0.0115. The van der Waals surface area contributed by atoms with Gasteiger partial charge in [0.1, 0.15) is 6.29 Å². The first-order valence-corrected chi connectivity index (χ1v) is 9.96. The fourth-order valence-corrected chi connectivity index (χ4v) is 4.87. The molecule has 2 heterocycles. The standard InChI is InChI=1S/C25H22N2O2/c1-15-14-26-22(18(15)10-11-28)13-17-12-16-6-2-3-7-19(16)23(17)24-20-8-4-5-9-21(20)27-25(24)29/h2-9,11-12,14,23-24,26H,10,13H2,1H3,(H,27,29). The lowest BCUT2D eigenvalue weighted by atomic mass is 9.78. The first kappa shape index (κ1) is 17.7. The van der Waals surface area contributed by atoms with Gasteiger partial charge in [0, 0.05) is 36.3 Å². The van der Waals surface area contributed by atoms with Gasteiger partial charge in [-0.25, -0.2) is 0 Å². The second-order valence-corrected chi connectivity index (χ2v) is 7.86. The Hall–Kier alpha value is -3.40. The van der Waals surface area contributed by atoms with Gasteiger partial charge in [0.25, 0.3) is 0 Å². The molecule has 2 aromatic carbocycles. The maximum absolute atomic E-state index is 13.0. The molecule has 1 aliphatic carbocycles. The van der Waals surface area contributed by atoms with E-state index >= 15 is 0 Å². The number of aromatic nitrogens is 1. The molecular formula is C25H22N2O2. The second-order valence-electron chi connectivity index (χ2n) is 7.86. The Balaban J connectivity index is 1.59. The van der Waals surface area contributed by atoms with Crippen molar-refractivity contribution < 1.29 is 9.59 Å². The Kier molecular flexibility index (Phi) is 4.20. The number of rotatable bonds is 5. The molecule has 0 radical (unpaired) electrons. The molecule has 1 aliphatic heterocycles. The first-order valence-electron chi connectivity index (χ1n) is 9.96. The minimum Gasteiger partial charge on any atom is -0.364 e. The van der Waals surface area contributed by atoms with Gasteiger partial charge in [0.05, 0.1) is 5.92 Å². The SMILES string of the molecule is Cc1c[nH]c(CC2=Cc3ccccc3C2C2C(=O)Nc3ccccc32)c1CC=O. The highest BCUT2D eigenvalue weighted by Gasteiger charge is 2.41. The van der Waals surface area contributed by atoms with Crippen LogP contribution in [0.3, 0.4) is 0 Å². The van der Waals surface area contributed by atoms with Gasteiger partial charge in [-0.3, -0.25) is 4.79 Å². The number of carbonyl (C=O) groups is 2. The van der Waals surface area contributed by atoms with E-state index < -0.39 is 0 Å². The number of fused-ring (bicyclic) bond motifs is 2. The highest BCUT2D eigenvalue weighted by Crippen LogP contribution is 2.50. The van der Waals surface area contributed by atoms with E-state index in [9.17, 15) is 9.59 Å². The number of nitrogens with one attached hydrogen (secondary N) is 2. The van der Waals surface area contributed by atoms with Crippen LogP contribution >= 0.6 is 0 Å². The summed E-state index contributed by atoms with van der Waals surface area (Å²) in [5.41, 5.74) is 8.76. The third-order valence-corrected chi connectivity index (χ3v) is 6.21. The molecule has 5 rings (SSSR count). The van der Waals surface area contributed by atoms with Crippen molar-refractivity contribution in [2.75, 3.05) is 5.32 Å². The van der Waals surface area contributed by atoms with Crippen molar-refractivity contribution in [1.29, 1.82) is 0 Å². The summed E-state index contributed by atoms with van der Waals surface area (Å²) in [6.45, 7) is 2.02. The summed E-state index contributed by atoms with van der Waals surface area (Å²) in [6, 6.07) is 16.3. The molecule has 3 aromatic rings. The quantitative estimate of drug-likeness (QED) is 0.637. The van der Waals surface area contributed by atoms with E-state index in [1.807, 2.05) is 49.5 Å². The highest BCUT2D eigenvalue weighted by atomic mass is 16.2. The summed E-state index contributed by atoms with van der Waals surface area (Å²) in [7, 11) is 0. The number of carbonyl (C=O) groups excluding carboxylic acids is 2. The van der Waals surface area contributed by atoms with Gasteiger partial charge in [-0.2, -0.15) is 0 Å². The van der Waals surface area contributed by atoms with E-state index in [4.69, 9.17) is 0 Å². The summed E-state index contributed by atoms with van der Waals surface area (Å²) in [6.07, 6.45) is 6.23. The van der Waals surface area contributed by atoms with Crippen molar-refractivity contribution in [3.8, 4) is 0 Å². The zero-order valence-electron chi connectivity index (χ0n) is 16.2. The zero-order chi connectivity index (χ0) is 20.0. The Morgan fingerprint density at radius 2 is 1.76 bits per heavy atom. The predicted octanol–water partition coefficient (Wildman–Crippen LogP) is 4.52. The summed E-state index contributed by atoms with van der Waals surface area (Å²) in [4.78, 5) is 27.5. The van der Waals surface area contributed by atoms with Crippen LogP contribution in [0, 0.1) is 6.92 Å². The van der Waals surface area contributed by atoms with Crippen molar-refractivity contribution in [2.24, 2.45) is 0 Å². The molecular weight excluding hydrogens is 360 g/mol. The summed E-state index contributed by atoms with van der Waals surface area (Å²) in [5, 5.41) is 3.06. The van der Waals surface area contributed by atoms with Crippen LogP contribution in [0.1, 0.15) is 45.3 Å². The Bertz CT molecular complexity index is 1160. The van der Waals surface area contributed by atoms with E-state index in [1.165, 1.54) is 16.7 Å². The highest BCUT2D eigenvalue weighted by molar-refractivity contribution is 6.04. The van der Waals surface area contributed by atoms with Crippen LogP contribution in [0.2, 0.25) is 0 Å². The van der Waals surface area contributed by atoms with Crippen LogP contribution in [-0.2, 0) is 22.4 Å². The molecule has 144 valence electrons. The molecule has 2 aliphatic rings. The summed E-state index contributed by atoms with van der Waals surface area (Å²) >= 11 is 0. The number of allylic oxidation sites excluding steroid dienone is 1. The van der Waals surface area contributed by atoms with E-state index in [-0.39, 0.29) is 17.7 Å². The van der Waals surface area contributed by atoms with Gasteiger partial charge in [0.2, 0.25) is 5.91 Å². The van der Waals surface area contributed by atoms with Gasteiger partial charge in [-0.1, -0.05) is 54.1 Å². The molecule has 0 saturated heterocycles. The number of amides is 1.